The summed E-state index contributed by atoms with van der Waals surface area (Å²) in [6, 6.07) is 11.4. The lowest BCUT2D eigenvalue weighted by Gasteiger charge is -2.11. The van der Waals surface area contributed by atoms with Crippen molar-refractivity contribution in [2.45, 2.75) is 12.8 Å². The zero-order valence-electron chi connectivity index (χ0n) is 15.4. The number of nitrogens with zero attached hydrogens (tertiary/aromatic N) is 2. The molecule has 0 aliphatic heterocycles. The molecule has 0 spiro atoms. The Morgan fingerprint density at radius 3 is 2.10 bits per heavy atom. The third-order valence-electron chi connectivity index (χ3n) is 4.29. The van der Waals surface area contributed by atoms with E-state index in [1.54, 1.807) is 0 Å². The predicted molar refractivity (Wildman–Crippen MR) is 101 cm³/mol. The van der Waals surface area contributed by atoms with Gasteiger partial charge in [-0.3, -0.25) is 20.2 Å². The van der Waals surface area contributed by atoms with Crippen LogP contribution in [0.15, 0.2) is 60.7 Å². The first-order valence-corrected chi connectivity index (χ1v) is 8.58. The lowest BCUT2D eigenvalue weighted by atomic mass is 10.0. The summed E-state index contributed by atoms with van der Waals surface area (Å²) >= 11 is 0. The second kappa shape index (κ2) is 8.38. The number of ether oxygens (including phenoxy) is 1. The summed E-state index contributed by atoms with van der Waals surface area (Å²) in [4.78, 5) is 20.2. The van der Waals surface area contributed by atoms with Crippen LogP contribution in [0.2, 0.25) is 0 Å². The highest BCUT2D eigenvalue weighted by atomic mass is 19.4. The Hall–Kier alpha value is -4.02. The molecule has 31 heavy (non-hydrogen) atoms. The number of rotatable bonds is 6. The van der Waals surface area contributed by atoms with Crippen molar-refractivity contribution in [2.75, 3.05) is 0 Å². The van der Waals surface area contributed by atoms with Crippen LogP contribution in [0.4, 0.5) is 28.9 Å². The molecule has 7 nitrogen and oxygen atoms in total. The van der Waals surface area contributed by atoms with E-state index in [0.717, 1.165) is 12.1 Å². The fourth-order valence-electron chi connectivity index (χ4n) is 2.78. The largest absolute Gasteiger partial charge is 0.489 e. The Morgan fingerprint density at radius 1 is 0.871 bits per heavy atom. The molecule has 0 unspecified atom stereocenters. The first-order valence-electron chi connectivity index (χ1n) is 8.58. The Kier molecular flexibility index (Phi) is 5.86. The minimum atomic E-state index is -4.50. The molecule has 160 valence electrons. The summed E-state index contributed by atoms with van der Waals surface area (Å²) < 4.78 is 57.6. The Labute approximate surface area is 171 Å². The summed E-state index contributed by atoms with van der Waals surface area (Å²) in [5, 5.41) is 22.1. The van der Waals surface area contributed by atoms with Crippen molar-refractivity contribution in [3.05, 3.63) is 97.8 Å². The van der Waals surface area contributed by atoms with Crippen LogP contribution in [0.3, 0.4) is 0 Å². The zero-order chi connectivity index (χ0) is 22.8. The third kappa shape index (κ3) is 4.94. The van der Waals surface area contributed by atoms with Crippen molar-refractivity contribution in [1.29, 1.82) is 0 Å². The fraction of sp³-hybridized carbons (Fsp3) is 0.100. The Balaban J connectivity index is 1.82. The number of halogens is 4. The van der Waals surface area contributed by atoms with Gasteiger partial charge in [0.2, 0.25) is 5.82 Å². The molecule has 0 fully saturated rings. The van der Waals surface area contributed by atoms with Crippen molar-refractivity contribution < 1.29 is 32.1 Å². The maximum absolute atomic E-state index is 14.0. The van der Waals surface area contributed by atoms with Gasteiger partial charge in [-0.2, -0.15) is 17.6 Å². The van der Waals surface area contributed by atoms with E-state index >= 15 is 0 Å². The van der Waals surface area contributed by atoms with E-state index in [4.69, 9.17) is 4.74 Å². The maximum atomic E-state index is 14.0. The highest BCUT2D eigenvalue weighted by Gasteiger charge is 2.30. The highest BCUT2D eigenvalue weighted by molar-refractivity contribution is 5.75. The molecule has 0 saturated carbocycles. The standard InChI is InChI=1S/C20H12F4N2O5/c21-17-9-16(18(25(27)28)10-19(17)26(29)30)13-6-4-12(5-7-13)11-31-15-3-1-2-14(8-15)20(22,23)24/h1-10H,11H2. The van der Waals surface area contributed by atoms with Gasteiger partial charge in [-0.25, -0.2) is 0 Å². The van der Waals surface area contributed by atoms with E-state index in [1.807, 2.05) is 0 Å². The summed E-state index contributed by atoms with van der Waals surface area (Å²) in [5.41, 5.74) is -1.90. The SMILES string of the molecule is O=[N+]([O-])c1cc([N+](=O)[O-])c(-c2ccc(COc3cccc(C(F)(F)F)c3)cc2)cc1F. The van der Waals surface area contributed by atoms with Crippen LogP contribution in [0.5, 0.6) is 5.75 Å². The van der Waals surface area contributed by atoms with Gasteiger partial charge in [0.05, 0.1) is 27.0 Å². The van der Waals surface area contributed by atoms with Gasteiger partial charge in [0.15, 0.2) is 0 Å². The summed E-state index contributed by atoms with van der Waals surface area (Å²) in [6.07, 6.45) is -4.50. The third-order valence-corrected chi connectivity index (χ3v) is 4.29. The molecule has 0 radical (unpaired) electrons. The molecule has 3 aromatic rings. The topological polar surface area (TPSA) is 95.5 Å². The van der Waals surface area contributed by atoms with Crippen molar-refractivity contribution >= 4 is 11.4 Å². The first-order chi connectivity index (χ1) is 14.6. The normalized spacial score (nSPS) is 11.2. The van der Waals surface area contributed by atoms with Crippen LogP contribution in [0.25, 0.3) is 11.1 Å². The van der Waals surface area contributed by atoms with Gasteiger partial charge >= 0.3 is 11.9 Å². The molecule has 3 rings (SSSR count). The monoisotopic (exact) mass is 436 g/mol. The Morgan fingerprint density at radius 2 is 1.52 bits per heavy atom. The van der Waals surface area contributed by atoms with E-state index in [9.17, 15) is 37.8 Å². The quantitative estimate of drug-likeness (QED) is 0.272. The van der Waals surface area contributed by atoms with E-state index in [1.165, 1.54) is 36.4 Å². The molecule has 0 aliphatic rings. The van der Waals surface area contributed by atoms with Crippen LogP contribution in [0.1, 0.15) is 11.1 Å². The van der Waals surface area contributed by atoms with Crippen LogP contribution in [-0.4, -0.2) is 9.85 Å². The lowest BCUT2D eigenvalue weighted by molar-refractivity contribution is -0.395. The number of nitro benzene ring substituents is 2. The molecule has 0 amide bonds. The van der Waals surface area contributed by atoms with Gasteiger partial charge in [0, 0.05) is 0 Å². The number of alkyl halides is 3. The van der Waals surface area contributed by atoms with Crippen LogP contribution < -0.4 is 4.74 Å². The number of hydrogen-bond donors (Lipinski definition) is 0. The predicted octanol–water partition coefficient (Wildman–Crippen LogP) is 5.91. The summed E-state index contributed by atoms with van der Waals surface area (Å²) in [7, 11) is 0. The summed E-state index contributed by atoms with van der Waals surface area (Å²) in [6.45, 7) is -0.0850. The number of nitro groups is 2. The molecule has 11 heteroatoms. The van der Waals surface area contributed by atoms with Gasteiger partial charge in [0.1, 0.15) is 12.4 Å². The number of hydrogen-bond acceptors (Lipinski definition) is 5. The minimum Gasteiger partial charge on any atom is -0.489 e. The molecule has 0 aliphatic carbocycles. The molecule has 0 saturated heterocycles. The maximum Gasteiger partial charge on any atom is 0.416 e. The Bertz CT molecular complexity index is 1150. The first kappa shape index (κ1) is 21.7. The molecule has 0 heterocycles. The van der Waals surface area contributed by atoms with Crippen molar-refractivity contribution in [3.8, 4) is 16.9 Å². The van der Waals surface area contributed by atoms with E-state index < -0.39 is 38.8 Å². The van der Waals surface area contributed by atoms with E-state index in [2.05, 4.69) is 0 Å². The van der Waals surface area contributed by atoms with E-state index in [-0.39, 0.29) is 23.5 Å². The van der Waals surface area contributed by atoms with E-state index in [0.29, 0.717) is 17.7 Å². The van der Waals surface area contributed by atoms with Gasteiger partial charge in [-0.05, 0) is 35.4 Å². The highest BCUT2D eigenvalue weighted by Crippen LogP contribution is 2.35. The van der Waals surface area contributed by atoms with Gasteiger partial charge in [-0.15, -0.1) is 0 Å². The van der Waals surface area contributed by atoms with Crippen LogP contribution >= 0.6 is 0 Å². The van der Waals surface area contributed by atoms with Crippen molar-refractivity contribution in [1.82, 2.24) is 0 Å². The van der Waals surface area contributed by atoms with Gasteiger partial charge in [0.25, 0.3) is 5.69 Å². The number of benzene rings is 3. The molecular weight excluding hydrogens is 424 g/mol. The molecule has 0 bridgehead atoms. The lowest BCUT2D eigenvalue weighted by Crippen LogP contribution is -2.05. The second-order valence-electron chi connectivity index (χ2n) is 6.35. The van der Waals surface area contributed by atoms with Crippen LogP contribution in [-0.2, 0) is 12.8 Å². The summed E-state index contributed by atoms with van der Waals surface area (Å²) in [5.74, 6) is -1.21. The molecule has 0 atom stereocenters. The molecule has 3 aromatic carbocycles. The fourth-order valence-corrected chi connectivity index (χ4v) is 2.78. The average molecular weight is 436 g/mol. The second-order valence-corrected chi connectivity index (χ2v) is 6.35. The van der Waals surface area contributed by atoms with Gasteiger partial charge < -0.3 is 4.74 Å². The average Bonchev–Trinajstić information content (AvgIpc) is 2.71. The smallest absolute Gasteiger partial charge is 0.416 e. The minimum absolute atomic E-state index is 0.00646. The van der Waals surface area contributed by atoms with Crippen molar-refractivity contribution in [3.63, 3.8) is 0 Å². The van der Waals surface area contributed by atoms with Gasteiger partial charge in [-0.1, -0.05) is 30.3 Å². The molecule has 0 N–H and O–H groups in total. The molecule has 0 aromatic heterocycles. The molecular formula is C20H12F4N2O5. The zero-order valence-corrected chi connectivity index (χ0v) is 15.4. The van der Waals surface area contributed by atoms with Crippen LogP contribution in [0, 0.1) is 26.0 Å². The van der Waals surface area contributed by atoms with Crippen molar-refractivity contribution in [2.24, 2.45) is 0 Å².